The van der Waals surface area contributed by atoms with Crippen molar-refractivity contribution in [1.29, 1.82) is 0 Å². The Morgan fingerprint density at radius 3 is 2.86 bits per heavy atom. The molecule has 0 spiro atoms. The van der Waals surface area contributed by atoms with Crippen LogP contribution in [0.25, 0.3) is 0 Å². The van der Waals surface area contributed by atoms with E-state index in [4.69, 9.17) is 0 Å². The fourth-order valence-corrected chi connectivity index (χ4v) is 3.32. The van der Waals surface area contributed by atoms with Gasteiger partial charge in [0.2, 0.25) is 0 Å². The van der Waals surface area contributed by atoms with Crippen molar-refractivity contribution in [3.8, 4) is 0 Å². The summed E-state index contributed by atoms with van der Waals surface area (Å²) in [7, 11) is 0. The lowest BCUT2D eigenvalue weighted by Gasteiger charge is -2.30. The summed E-state index contributed by atoms with van der Waals surface area (Å²) in [6.07, 6.45) is 2.66. The highest BCUT2D eigenvalue weighted by Gasteiger charge is 2.25. The maximum Gasteiger partial charge on any atom is 0.293 e. The Morgan fingerprint density at radius 1 is 1.36 bits per heavy atom. The van der Waals surface area contributed by atoms with Crippen LogP contribution < -0.4 is 16.0 Å². The zero-order chi connectivity index (χ0) is 20.1. The van der Waals surface area contributed by atoms with Gasteiger partial charge in [-0.1, -0.05) is 13.0 Å². The van der Waals surface area contributed by atoms with Crippen molar-refractivity contribution in [2.24, 2.45) is 5.92 Å². The van der Waals surface area contributed by atoms with Gasteiger partial charge in [0.1, 0.15) is 5.69 Å². The second-order valence-electron chi connectivity index (χ2n) is 7.16. The second-order valence-corrected chi connectivity index (χ2v) is 7.16. The molecule has 1 fully saturated rings. The standard InChI is InChI=1S/C20H25N5O3/c1-13-8-10-21-12-18(13)24-20(26)15-6-7-17(19(11-15)25(27)28)23-14(2)16-5-3-4-9-22-16/h3-7,9,11,13-14,18,21,23H,8,10,12H2,1-2H3,(H,24,26). The molecule has 1 saturated heterocycles. The van der Waals surface area contributed by atoms with E-state index >= 15 is 0 Å². The van der Waals surface area contributed by atoms with Gasteiger partial charge in [0, 0.05) is 30.4 Å². The van der Waals surface area contributed by atoms with Crippen LogP contribution in [-0.4, -0.2) is 34.9 Å². The molecule has 1 aromatic heterocycles. The van der Waals surface area contributed by atoms with E-state index in [0.717, 1.165) is 18.7 Å². The van der Waals surface area contributed by atoms with E-state index in [1.807, 2.05) is 25.1 Å². The van der Waals surface area contributed by atoms with Crippen LogP contribution >= 0.6 is 0 Å². The summed E-state index contributed by atoms with van der Waals surface area (Å²) in [5, 5.41) is 20.9. The van der Waals surface area contributed by atoms with Crippen molar-refractivity contribution in [3.05, 3.63) is 64.0 Å². The van der Waals surface area contributed by atoms with Gasteiger partial charge in [-0.05, 0) is 50.1 Å². The predicted molar refractivity (Wildman–Crippen MR) is 107 cm³/mol. The molecule has 1 aliphatic heterocycles. The molecule has 148 valence electrons. The van der Waals surface area contributed by atoms with Crippen LogP contribution in [0, 0.1) is 16.0 Å². The van der Waals surface area contributed by atoms with Gasteiger partial charge in [-0.15, -0.1) is 0 Å². The van der Waals surface area contributed by atoms with Gasteiger partial charge in [-0.3, -0.25) is 19.9 Å². The number of piperidine rings is 1. The first kappa shape index (κ1) is 19.8. The van der Waals surface area contributed by atoms with E-state index in [2.05, 4.69) is 27.9 Å². The zero-order valence-corrected chi connectivity index (χ0v) is 16.0. The minimum absolute atomic E-state index is 0.0160. The maximum atomic E-state index is 12.6. The van der Waals surface area contributed by atoms with Gasteiger partial charge in [-0.2, -0.15) is 0 Å². The fraction of sp³-hybridized carbons (Fsp3) is 0.400. The number of nitro groups is 1. The number of carbonyl (C=O) groups is 1. The molecule has 8 nitrogen and oxygen atoms in total. The van der Waals surface area contributed by atoms with Crippen molar-refractivity contribution >= 4 is 17.3 Å². The molecule has 0 radical (unpaired) electrons. The van der Waals surface area contributed by atoms with Crippen LogP contribution in [0.4, 0.5) is 11.4 Å². The molecule has 3 N–H and O–H groups in total. The topological polar surface area (TPSA) is 109 Å². The normalized spacial score (nSPS) is 20.2. The molecule has 8 heteroatoms. The van der Waals surface area contributed by atoms with Crippen molar-refractivity contribution in [2.45, 2.75) is 32.4 Å². The number of hydrogen-bond donors (Lipinski definition) is 3. The van der Waals surface area contributed by atoms with E-state index in [1.54, 1.807) is 18.3 Å². The molecule has 1 amide bonds. The van der Waals surface area contributed by atoms with Crippen LogP contribution in [0.15, 0.2) is 42.6 Å². The fourth-order valence-electron chi connectivity index (χ4n) is 3.32. The number of pyridine rings is 1. The number of nitrogens with zero attached hydrogens (tertiary/aromatic N) is 2. The molecule has 3 unspecified atom stereocenters. The molecular formula is C20H25N5O3. The minimum Gasteiger partial charge on any atom is -0.371 e. The van der Waals surface area contributed by atoms with Crippen LogP contribution in [-0.2, 0) is 0 Å². The van der Waals surface area contributed by atoms with E-state index < -0.39 is 4.92 Å². The number of rotatable bonds is 6. The lowest BCUT2D eigenvalue weighted by molar-refractivity contribution is -0.384. The summed E-state index contributed by atoms with van der Waals surface area (Å²) in [6.45, 7) is 5.62. The average Bonchev–Trinajstić information content (AvgIpc) is 2.70. The molecule has 3 atom stereocenters. The molecule has 2 heterocycles. The smallest absolute Gasteiger partial charge is 0.293 e. The maximum absolute atomic E-state index is 12.6. The number of carbonyl (C=O) groups excluding carboxylic acids is 1. The number of anilines is 1. The average molecular weight is 383 g/mol. The first-order valence-corrected chi connectivity index (χ1v) is 9.43. The minimum atomic E-state index is -0.477. The molecule has 0 aliphatic carbocycles. The summed E-state index contributed by atoms with van der Waals surface area (Å²) >= 11 is 0. The highest BCUT2D eigenvalue weighted by Crippen LogP contribution is 2.29. The summed E-state index contributed by atoms with van der Waals surface area (Å²) in [5.74, 6) is 0.0633. The monoisotopic (exact) mass is 383 g/mol. The SMILES string of the molecule is CC(Nc1ccc(C(=O)NC2CNCCC2C)cc1[N+](=O)[O-])c1ccccn1. The number of aromatic nitrogens is 1. The van der Waals surface area contributed by atoms with E-state index in [0.29, 0.717) is 18.2 Å². The van der Waals surface area contributed by atoms with E-state index in [-0.39, 0.29) is 29.2 Å². The summed E-state index contributed by atoms with van der Waals surface area (Å²) in [5.41, 5.74) is 1.27. The van der Waals surface area contributed by atoms with Gasteiger partial charge in [0.25, 0.3) is 11.6 Å². The Bertz CT molecular complexity index is 843. The number of nitro benzene ring substituents is 1. The van der Waals surface area contributed by atoms with E-state index in [9.17, 15) is 14.9 Å². The van der Waals surface area contributed by atoms with Crippen LogP contribution in [0.3, 0.4) is 0 Å². The molecular weight excluding hydrogens is 358 g/mol. The highest BCUT2D eigenvalue weighted by atomic mass is 16.6. The summed E-state index contributed by atoms with van der Waals surface area (Å²) in [6, 6.07) is 9.84. The highest BCUT2D eigenvalue weighted by molar-refractivity contribution is 5.96. The first-order valence-electron chi connectivity index (χ1n) is 9.43. The number of nitrogens with one attached hydrogen (secondary N) is 3. The Hall–Kier alpha value is -3.00. The third-order valence-electron chi connectivity index (χ3n) is 5.10. The largest absolute Gasteiger partial charge is 0.371 e. The first-order chi connectivity index (χ1) is 13.5. The van der Waals surface area contributed by atoms with Gasteiger partial charge < -0.3 is 16.0 Å². The van der Waals surface area contributed by atoms with E-state index in [1.165, 1.54) is 6.07 Å². The van der Waals surface area contributed by atoms with Gasteiger partial charge in [0.05, 0.1) is 16.7 Å². The molecule has 0 bridgehead atoms. The van der Waals surface area contributed by atoms with Crippen LogP contribution in [0.2, 0.25) is 0 Å². The zero-order valence-electron chi connectivity index (χ0n) is 16.0. The number of benzene rings is 1. The van der Waals surface area contributed by atoms with Gasteiger partial charge in [-0.25, -0.2) is 0 Å². The van der Waals surface area contributed by atoms with Gasteiger partial charge >= 0.3 is 0 Å². The van der Waals surface area contributed by atoms with Crippen LogP contribution in [0.1, 0.15) is 42.4 Å². The second kappa shape index (κ2) is 8.79. The molecule has 2 aromatic rings. The van der Waals surface area contributed by atoms with Crippen molar-refractivity contribution in [1.82, 2.24) is 15.6 Å². The molecule has 0 saturated carbocycles. The van der Waals surface area contributed by atoms with Crippen LogP contribution in [0.5, 0.6) is 0 Å². The van der Waals surface area contributed by atoms with Crippen molar-refractivity contribution in [2.75, 3.05) is 18.4 Å². The Balaban J connectivity index is 1.77. The molecule has 28 heavy (non-hydrogen) atoms. The molecule has 1 aliphatic rings. The lowest BCUT2D eigenvalue weighted by atomic mass is 9.94. The third kappa shape index (κ3) is 4.64. The quantitative estimate of drug-likeness (QED) is 0.523. The Labute approximate surface area is 163 Å². The molecule has 1 aromatic carbocycles. The van der Waals surface area contributed by atoms with Crippen molar-refractivity contribution < 1.29 is 9.72 Å². The van der Waals surface area contributed by atoms with Gasteiger partial charge in [0.15, 0.2) is 0 Å². The summed E-state index contributed by atoms with van der Waals surface area (Å²) < 4.78 is 0. The van der Waals surface area contributed by atoms with Crippen molar-refractivity contribution in [3.63, 3.8) is 0 Å². The lowest BCUT2D eigenvalue weighted by Crippen LogP contribution is -2.50. The third-order valence-corrected chi connectivity index (χ3v) is 5.10. The number of amides is 1. The molecule has 3 rings (SSSR count). The summed E-state index contributed by atoms with van der Waals surface area (Å²) in [4.78, 5) is 27.9. The Morgan fingerprint density at radius 2 is 2.18 bits per heavy atom. The number of hydrogen-bond acceptors (Lipinski definition) is 6. The Kier molecular flexibility index (Phi) is 6.20. The predicted octanol–water partition coefficient (Wildman–Crippen LogP) is 2.89.